The average molecular weight is 293 g/mol. The molecule has 0 amide bonds. The molecule has 112 valence electrons. The van der Waals surface area contributed by atoms with E-state index in [0.717, 1.165) is 33.3 Å². The summed E-state index contributed by atoms with van der Waals surface area (Å²) < 4.78 is 5.34. The molecule has 0 heterocycles. The Kier molecular flexibility index (Phi) is 3.63. The molecule has 0 saturated heterocycles. The quantitative estimate of drug-likeness (QED) is 0.782. The van der Waals surface area contributed by atoms with Gasteiger partial charge in [-0.05, 0) is 29.7 Å². The van der Waals surface area contributed by atoms with Crippen LogP contribution in [0.5, 0.6) is 11.5 Å². The zero-order chi connectivity index (χ0) is 15.7. The maximum atomic E-state index is 10.7. The minimum atomic E-state index is 0.300. The molecule has 0 unspecified atom stereocenters. The molecule has 0 fully saturated rings. The summed E-state index contributed by atoms with van der Waals surface area (Å²) in [5.41, 5.74) is 2.79. The van der Waals surface area contributed by atoms with Crippen molar-refractivity contribution < 1.29 is 9.84 Å². The molecule has 3 aromatic rings. The fraction of sp³-hybridized carbons (Fsp3) is 0.158. The van der Waals surface area contributed by atoms with Crippen molar-refractivity contribution >= 4 is 16.5 Å². The third-order valence-electron chi connectivity index (χ3n) is 3.88. The Morgan fingerprint density at radius 2 is 1.68 bits per heavy atom. The van der Waals surface area contributed by atoms with Crippen molar-refractivity contribution in [3.63, 3.8) is 0 Å². The summed E-state index contributed by atoms with van der Waals surface area (Å²) in [6.45, 7) is 0. The van der Waals surface area contributed by atoms with Crippen molar-refractivity contribution in [2.24, 2.45) is 0 Å². The standard InChI is InChI=1S/C19H19NO2/c1-20(2)18-11-9-14(22-3)12-17(18)16-10-8-13-6-4-5-7-15(13)19(16)21/h4-12,21H,1-3H3. The SMILES string of the molecule is COc1ccc(N(C)C)c(-c2ccc3ccccc3c2O)c1. The highest BCUT2D eigenvalue weighted by atomic mass is 16.5. The Morgan fingerprint density at radius 3 is 2.41 bits per heavy atom. The third kappa shape index (κ3) is 2.35. The Bertz CT molecular complexity index is 825. The maximum Gasteiger partial charge on any atom is 0.131 e. The van der Waals surface area contributed by atoms with E-state index in [4.69, 9.17) is 4.74 Å². The van der Waals surface area contributed by atoms with Gasteiger partial charge < -0.3 is 14.7 Å². The average Bonchev–Trinajstić information content (AvgIpc) is 2.55. The fourth-order valence-electron chi connectivity index (χ4n) is 2.72. The molecule has 0 spiro atoms. The minimum absolute atomic E-state index is 0.300. The van der Waals surface area contributed by atoms with Crippen LogP contribution in [-0.2, 0) is 0 Å². The monoisotopic (exact) mass is 293 g/mol. The lowest BCUT2D eigenvalue weighted by Gasteiger charge is -2.19. The van der Waals surface area contributed by atoms with Gasteiger partial charge in [0, 0.05) is 36.3 Å². The van der Waals surface area contributed by atoms with Crippen LogP contribution >= 0.6 is 0 Å². The molecular weight excluding hydrogens is 274 g/mol. The first-order chi connectivity index (χ1) is 10.6. The molecule has 3 nitrogen and oxygen atoms in total. The van der Waals surface area contributed by atoms with Gasteiger partial charge >= 0.3 is 0 Å². The third-order valence-corrected chi connectivity index (χ3v) is 3.88. The van der Waals surface area contributed by atoms with E-state index < -0.39 is 0 Å². The fourth-order valence-corrected chi connectivity index (χ4v) is 2.72. The van der Waals surface area contributed by atoms with Crippen molar-refractivity contribution in [3.05, 3.63) is 54.6 Å². The summed E-state index contributed by atoms with van der Waals surface area (Å²) in [6.07, 6.45) is 0. The van der Waals surface area contributed by atoms with Gasteiger partial charge in [0.25, 0.3) is 0 Å². The number of aromatic hydroxyl groups is 1. The Labute approximate surface area is 130 Å². The summed E-state index contributed by atoms with van der Waals surface area (Å²) >= 11 is 0. The molecule has 1 N–H and O–H groups in total. The van der Waals surface area contributed by atoms with Crippen LogP contribution in [0.1, 0.15) is 0 Å². The molecule has 3 rings (SSSR count). The second kappa shape index (κ2) is 5.60. The van der Waals surface area contributed by atoms with Crippen LogP contribution in [0.3, 0.4) is 0 Å². The maximum absolute atomic E-state index is 10.7. The van der Waals surface area contributed by atoms with Crippen LogP contribution in [-0.4, -0.2) is 26.3 Å². The van der Waals surface area contributed by atoms with Crippen molar-refractivity contribution in [2.75, 3.05) is 26.1 Å². The lowest BCUT2D eigenvalue weighted by atomic mass is 9.97. The predicted molar refractivity (Wildman–Crippen MR) is 91.9 cm³/mol. The van der Waals surface area contributed by atoms with Gasteiger partial charge in [-0.15, -0.1) is 0 Å². The molecule has 0 aliphatic carbocycles. The van der Waals surface area contributed by atoms with Crippen LogP contribution in [0.4, 0.5) is 5.69 Å². The van der Waals surface area contributed by atoms with Crippen molar-refractivity contribution in [2.45, 2.75) is 0 Å². The van der Waals surface area contributed by atoms with Gasteiger partial charge in [-0.2, -0.15) is 0 Å². The topological polar surface area (TPSA) is 32.7 Å². The van der Waals surface area contributed by atoms with Gasteiger partial charge in [-0.1, -0.05) is 30.3 Å². The van der Waals surface area contributed by atoms with Crippen molar-refractivity contribution in [1.82, 2.24) is 0 Å². The zero-order valence-electron chi connectivity index (χ0n) is 13.0. The van der Waals surface area contributed by atoms with E-state index in [1.54, 1.807) is 7.11 Å². The summed E-state index contributed by atoms with van der Waals surface area (Å²) in [5.74, 6) is 1.07. The van der Waals surface area contributed by atoms with E-state index in [1.165, 1.54) is 0 Å². The van der Waals surface area contributed by atoms with E-state index >= 15 is 0 Å². The molecule has 0 aliphatic heterocycles. The molecule has 0 bridgehead atoms. The number of hydrogen-bond donors (Lipinski definition) is 1. The first-order valence-electron chi connectivity index (χ1n) is 7.18. The lowest BCUT2D eigenvalue weighted by molar-refractivity contribution is 0.415. The largest absolute Gasteiger partial charge is 0.507 e. The molecule has 3 heteroatoms. The number of phenols is 1. The van der Waals surface area contributed by atoms with Crippen LogP contribution in [0.15, 0.2) is 54.6 Å². The summed E-state index contributed by atoms with van der Waals surface area (Å²) in [5, 5.41) is 12.6. The van der Waals surface area contributed by atoms with Gasteiger partial charge in [0.2, 0.25) is 0 Å². The first-order valence-corrected chi connectivity index (χ1v) is 7.18. The predicted octanol–water partition coefficient (Wildman–Crippen LogP) is 4.29. The lowest BCUT2D eigenvalue weighted by Crippen LogP contribution is -2.10. The number of benzene rings is 3. The molecule has 0 atom stereocenters. The molecule has 22 heavy (non-hydrogen) atoms. The molecule has 0 radical (unpaired) electrons. The van der Waals surface area contributed by atoms with E-state index in [-0.39, 0.29) is 0 Å². The minimum Gasteiger partial charge on any atom is -0.507 e. The summed E-state index contributed by atoms with van der Waals surface area (Å²) in [6, 6.07) is 17.7. The number of hydrogen-bond acceptors (Lipinski definition) is 3. The number of methoxy groups -OCH3 is 1. The number of fused-ring (bicyclic) bond motifs is 1. The van der Waals surface area contributed by atoms with E-state index in [0.29, 0.717) is 5.75 Å². The number of phenolic OH excluding ortho intramolecular Hbond substituents is 1. The van der Waals surface area contributed by atoms with Crippen LogP contribution in [0.2, 0.25) is 0 Å². The molecule has 3 aromatic carbocycles. The van der Waals surface area contributed by atoms with Gasteiger partial charge in [0.1, 0.15) is 11.5 Å². The molecule has 0 aromatic heterocycles. The van der Waals surface area contributed by atoms with E-state index in [1.807, 2.05) is 73.6 Å². The highest BCUT2D eigenvalue weighted by Gasteiger charge is 2.14. The van der Waals surface area contributed by atoms with Gasteiger partial charge in [-0.25, -0.2) is 0 Å². The first kappa shape index (κ1) is 14.3. The van der Waals surface area contributed by atoms with Gasteiger partial charge in [0.15, 0.2) is 0 Å². The highest BCUT2D eigenvalue weighted by molar-refractivity contribution is 5.97. The van der Waals surface area contributed by atoms with Crippen LogP contribution < -0.4 is 9.64 Å². The molecule has 0 aliphatic rings. The normalized spacial score (nSPS) is 10.7. The summed E-state index contributed by atoms with van der Waals surface area (Å²) in [4.78, 5) is 2.03. The number of rotatable bonds is 3. The second-order valence-electron chi connectivity index (χ2n) is 5.46. The molecular formula is C19H19NO2. The van der Waals surface area contributed by atoms with Crippen LogP contribution in [0, 0.1) is 0 Å². The van der Waals surface area contributed by atoms with Gasteiger partial charge in [-0.3, -0.25) is 0 Å². The molecule has 0 saturated carbocycles. The smallest absolute Gasteiger partial charge is 0.131 e. The number of anilines is 1. The number of nitrogens with zero attached hydrogens (tertiary/aromatic N) is 1. The van der Waals surface area contributed by atoms with Gasteiger partial charge in [0.05, 0.1) is 7.11 Å². The Hall–Kier alpha value is -2.68. The Morgan fingerprint density at radius 1 is 0.909 bits per heavy atom. The van der Waals surface area contributed by atoms with E-state index in [9.17, 15) is 5.11 Å². The second-order valence-corrected chi connectivity index (χ2v) is 5.46. The Balaban J connectivity index is 2.28. The summed E-state index contributed by atoms with van der Waals surface area (Å²) in [7, 11) is 5.63. The van der Waals surface area contributed by atoms with Crippen molar-refractivity contribution in [3.8, 4) is 22.6 Å². The number of ether oxygens (including phenoxy) is 1. The van der Waals surface area contributed by atoms with Crippen LogP contribution in [0.25, 0.3) is 21.9 Å². The zero-order valence-corrected chi connectivity index (χ0v) is 13.0. The van der Waals surface area contributed by atoms with Crippen molar-refractivity contribution in [1.29, 1.82) is 0 Å². The van der Waals surface area contributed by atoms with E-state index in [2.05, 4.69) is 0 Å². The highest BCUT2D eigenvalue weighted by Crippen LogP contribution is 2.41.